The molecule has 124 valence electrons. The van der Waals surface area contributed by atoms with Gasteiger partial charge in [-0.15, -0.1) is 0 Å². The van der Waals surface area contributed by atoms with Gasteiger partial charge in [0.15, 0.2) is 0 Å². The van der Waals surface area contributed by atoms with Crippen LogP contribution < -0.4 is 0 Å². The Labute approximate surface area is 142 Å². The molecule has 2 aromatic rings. The van der Waals surface area contributed by atoms with Crippen LogP contribution in [0.5, 0.6) is 0 Å². The van der Waals surface area contributed by atoms with Crippen LogP contribution in [0.2, 0.25) is 0 Å². The van der Waals surface area contributed by atoms with Gasteiger partial charge in [0.1, 0.15) is 11.6 Å². The average molecular weight is 323 g/mol. The second kappa shape index (κ2) is 6.11. The van der Waals surface area contributed by atoms with E-state index >= 15 is 0 Å². The molecule has 2 aromatic carbocycles. The summed E-state index contributed by atoms with van der Waals surface area (Å²) >= 11 is 0. The molecule has 1 atom stereocenters. The third-order valence-corrected chi connectivity index (χ3v) is 4.34. The standard InChI is InChI=1S/C20H21NO3/c1-4-17(22)21-18(20(2,3)24-19(21)23)16-12-8-11-15(13-16)14-9-6-5-7-10-14/h5-13,18H,4H2,1-3H3/t18-/m1/s1. The number of amides is 2. The minimum Gasteiger partial charge on any atom is -0.440 e. The maximum atomic E-state index is 12.3. The fourth-order valence-electron chi connectivity index (χ4n) is 3.23. The maximum absolute atomic E-state index is 12.3. The lowest BCUT2D eigenvalue weighted by Gasteiger charge is -2.28. The van der Waals surface area contributed by atoms with Crippen molar-refractivity contribution in [3.8, 4) is 11.1 Å². The number of ether oxygens (including phenoxy) is 1. The molecular formula is C20H21NO3. The van der Waals surface area contributed by atoms with Crippen molar-refractivity contribution in [2.75, 3.05) is 0 Å². The molecule has 4 heteroatoms. The van der Waals surface area contributed by atoms with Crippen molar-refractivity contribution in [1.29, 1.82) is 0 Å². The van der Waals surface area contributed by atoms with Gasteiger partial charge in [0, 0.05) is 6.42 Å². The van der Waals surface area contributed by atoms with Crippen molar-refractivity contribution in [1.82, 2.24) is 4.90 Å². The van der Waals surface area contributed by atoms with Crippen LogP contribution in [0.1, 0.15) is 38.8 Å². The Balaban J connectivity index is 2.06. The van der Waals surface area contributed by atoms with E-state index in [9.17, 15) is 9.59 Å². The summed E-state index contributed by atoms with van der Waals surface area (Å²) < 4.78 is 5.46. The molecule has 0 radical (unpaired) electrons. The fourth-order valence-corrected chi connectivity index (χ4v) is 3.23. The van der Waals surface area contributed by atoms with Crippen molar-refractivity contribution in [2.24, 2.45) is 0 Å². The molecule has 1 heterocycles. The van der Waals surface area contributed by atoms with Gasteiger partial charge in [-0.1, -0.05) is 55.5 Å². The molecule has 1 aliphatic heterocycles. The van der Waals surface area contributed by atoms with Crippen molar-refractivity contribution < 1.29 is 14.3 Å². The van der Waals surface area contributed by atoms with Gasteiger partial charge in [0.05, 0.1) is 0 Å². The third kappa shape index (κ3) is 2.80. The van der Waals surface area contributed by atoms with Gasteiger partial charge in [-0.2, -0.15) is 0 Å². The highest BCUT2D eigenvalue weighted by molar-refractivity contribution is 5.94. The van der Waals surface area contributed by atoms with Crippen LogP contribution in [0.25, 0.3) is 11.1 Å². The Bertz CT molecular complexity index is 767. The number of cyclic esters (lactones) is 1. The zero-order valence-electron chi connectivity index (χ0n) is 14.2. The number of benzene rings is 2. The largest absolute Gasteiger partial charge is 0.440 e. The highest BCUT2D eigenvalue weighted by atomic mass is 16.6. The average Bonchev–Trinajstić information content (AvgIpc) is 2.83. The zero-order valence-corrected chi connectivity index (χ0v) is 14.2. The van der Waals surface area contributed by atoms with E-state index in [2.05, 4.69) is 0 Å². The van der Waals surface area contributed by atoms with Crippen molar-refractivity contribution >= 4 is 12.0 Å². The molecule has 0 unspecified atom stereocenters. The first-order valence-electron chi connectivity index (χ1n) is 8.14. The highest BCUT2D eigenvalue weighted by Crippen LogP contribution is 2.42. The van der Waals surface area contributed by atoms with Crippen LogP contribution in [-0.4, -0.2) is 22.5 Å². The summed E-state index contributed by atoms with van der Waals surface area (Å²) in [5.74, 6) is -0.222. The Kier molecular flexibility index (Phi) is 4.14. The second-order valence-electron chi connectivity index (χ2n) is 6.48. The summed E-state index contributed by atoms with van der Waals surface area (Å²) in [6.45, 7) is 5.43. The molecule has 0 bridgehead atoms. The van der Waals surface area contributed by atoms with Gasteiger partial charge < -0.3 is 4.74 Å². The Morgan fingerprint density at radius 2 is 1.75 bits per heavy atom. The van der Waals surface area contributed by atoms with Gasteiger partial charge >= 0.3 is 6.09 Å². The second-order valence-corrected chi connectivity index (χ2v) is 6.48. The number of hydrogen-bond donors (Lipinski definition) is 0. The van der Waals surface area contributed by atoms with Crippen LogP contribution in [-0.2, 0) is 9.53 Å². The monoisotopic (exact) mass is 323 g/mol. The van der Waals surface area contributed by atoms with Crippen LogP contribution in [0.15, 0.2) is 54.6 Å². The maximum Gasteiger partial charge on any atom is 0.417 e. The molecule has 1 fully saturated rings. The number of imide groups is 1. The van der Waals surface area contributed by atoms with Crippen LogP contribution >= 0.6 is 0 Å². The molecule has 0 spiro atoms. The number of rotatable bonds is 3. The smallest absolute Gasteiger partial charge is 0.417 e. The Morgan fingerprint density at radius 3 is 2.42 bits per heavy atom. The molecule has 4 nitrogen and oxygen atoms in total. The van der Waals surface area contributed by atoms with E-state index in [-0.39, 0.29) is 12.3 Å². The van der Waals surface area contributed by atoms with E-state index in [1.165, 1.54) is 4.90 Å². The highest BCUT2D eigenvalue weighted by Gasteiger charge is 2.50. The summed E-state index contributed by atoms with van der Waals surface area (Å²) in [5.41, 5.74) is 2.27. The molecule has 0 aliphatic carbocycles. The lowest BCUT2D eigenvalue weighted by Crippen LogP contribution is -2.37. The molecule has 0 N–H and O–H groups in total. The zero-order chi connectivity index (χ0) is 17.3. The summed E-state index contributed by atoms with van der Waals surface area (Å²) in [7, 11) is 0. The quantitative estimate of drug-likeness (QED) is 0.831. The molecule has 0 aromatic heterocycles. The van der Waals surface area contributed by atoms with E-state index in [0.717, 1.165) is 16.7 Å². The molecule has 2 amide bonds. The summed E-state index contributed by atoms with van der Waals surface area (Å²) in [5, 5.41) is 0. The van der Waals surface area contributed by atoms with Crippen LogP contribution in [0.4, 0.5) is 4.79 Å². The van der Waals surface area contributed by atoms with E-state index < -0.39 is 17.7 Å². The molecule has 1 aliphatic rings. The lowest BCUT2D eigenvalue weighted by atomic mass is 9.89. The predicted octanol–water partition coefficient (Wildman–Crippen LogP) is 4.56. The SMILES string of the molecule is CCC(=O)N1C(=O)OC(C)(C)[C@H]1c1cccc(-c2ccccc2)c1. The van der Waals surface area contributed by atoms with Crippen molar-refractivity contribution in [3.05, 3.63) is 60.2 Å². The molecular weight excluding hydrogens is 302 g/mol. The molecule has 3 rings (SSSR count). The number of carbonyl (C=O) groups excluding carboxylic acids is 2. The molecule has 0 saturated carbocycles. The lowest BCUT2D eigenvalue weighted by molar-refractivity contribution is -0.129. The third-order valence-electron chi connectivity index (χ3n) is 4.34. The molecule has 1 saturated heterocycles. The number of hydrogen-bond acceptors (Lipinski definition) is 3. The predicted molar refractivity (Wildman–Crippen MR) is 92.3 cm³/mol. The Hall–Kier alpha value is -2.62. The molecule has 24 heavy (non-hydrogen) atoms. The van der Waals surface area contributed by atoms with Gasteiger partial charge in [0.25, 0.3) is 0 Å². The number of nitrogens with zero attached hydrogens (tertiary/aromatic N) is 1. The number of carbonyl (C=O) groups is 2. The van der Waals surface area contributed by atoms with Crippen LogP contribution in [0, 0.1) is 0 Å². The van der Waals surface area contributed by atoms with E-state index in [0.29, 0.717) is 0 Å². The van der Waals surface area contributed by atoms with Crippen molar-refractivity contribution in [2.45, 2.75) is 38.8 Å². The minimum atomic E-state index is -0.767. The van der Waals surface area contributed by atoms with Crippen molar-refractivity contribution in [3.63, 3.8) is 0 Å². The summed E-state index contributed by atoms with van der Waals surface area (Å²) in [6.07, 6.45) is -0.304. The first-order chi connectivity index (χ1) is 11.4. The summed E-state index contributed by atoms with van der Waals surface area (Å²) in [6, 6.07) is 17.5. The topological polar surface area (TPSA) is 46.6 Å². The van der Waals surface area contributed by atoms with E-state index in [1.807, 2.05) is 68.4 Å². The van der Waals surface area contributed by atoms with Crippen LogP contribution in [0.3, 0.4) is 0 Å². The minimum absolute atomic E-state index is 0.222. The first-order valence-corrected chi connectivity index (χ1v) is 8.14. The van der Waals surface area contributed by atoms with Gasteiger partial charge in [-0.05, 0) is 36.6 Å². The van der Waals surface area contributed by atoms with E-state index in [4.69, 9.17) is 4.74 Å². The van der Waals surface area contributed by atoms with Gasteiger partial charge in [0.2, 0.25) is 5.91 Å². The van der Waals surface area contributed by atoms with Gasteiger partial charge in [-0.25, -0.2) is 9.69 Å². The Morgan fingerprint density at radius 1 is 1.08 bits per heavy atom. The van der Waals surface area contributed by atoms with Gasteiger partial charge in [-0.3, -0.25) is 4.79 Å². The fraction of sp³-hybridized carbons (Fsp3) is 0.300. The first kappa shape index (κ1) is 16.2. The summed E-state index contributed by atoms with van der Waals surface area (Å²) in [4.78, 5) is 25.7. The van der Waals surface area contributed by atoms with E-state index in [1.54, 1.807) is 6.92 Å². The normalized spacial score (nSPS) is 19.2.